The third kappa shape index (κ3) is 6.74. The fraction of sp³-hybridized carbons (Fsp3) is 0.588. The number of carbonyl (C=O) groups excluding carboxylic acids is 1. The molecule has 1 aromatic rings. The van der Waals surface area contributed by atoms with Gasteiger partial charge >= 0.3 is 0 Å². The minimum atomic E-state index is 0.0313. The number of carbonyl (C=O) groups is 1. The van der Waals surface area contributed by atoms with Crippen molar-refractivity contribution in [2.24, 2.45) is 0 Å². The topological polar surface area (TPSA) is 50.4 Å². The van der Waals surface area contributed by atoms with E-state index in [9.17, 15) is 4.79 Å². The molecule has 4 nitrogen and oxygen atoms in total. The Bertz CT molecular complexity index is 417. The zero-order valence-electron chi connectivity index (χ0n) is 13.6. The minimum Gasteiger partial charge on any atom is -0.382 e. The molecule has 21 heavy (non-hydrogen) atoms. The number of ether oxygens (including phenoxy) is 1. The third-order valence-electron chi connectivity index (χ3n) is 3.58. The van der Waals surface area contributed by atoms with Crippen LogP contribution in [0.3, 0.4) is 0 Å². The largest absolute Gasteiger partial charge is 0.382 e. The Morgan fingerprint density at radius 2 is 1.90 bits per heavy atom. The van der Waals surface area contributed by atoms with Gasteiger partial charge in [-0.3, -0.25) is 4.79 Å². The number of benzene rings is 1. The average molecular weight is 292 g/mol. The van der Waals surface area contributed by atoms with Crippen molar-refractivity contribution in [3.8, 4) is 0 Å². The Balaban J connectivity index is 2.45. The predicted molar refractivity (Wildman–Crippen MR) is 87.5 cm³/mol. The van der Waals surface area contributed by atoms with Crippen LogP contribution in [0.4, 0.5) is 5.69 Å². The summed E-state index contributed by atoms with van der Waals surface area (Å²) in [7, 11) is 1.66. The second kappa shape index (κ2) is 9.53. The zero-order chi connectivity index (χ0) is 15.7. The fourth-order valence-corrected chi connectivity index (χ4v) is 2.01. The first kappa shape index (κ1) is 17.7. The Morgan fingerprint density at radius 1 is 1.24 bits per heavy atom. The van der Waals surface area contributed by atoms with Gasteiger partial charge in [-0.1, -0.05) is 19.1 Å². The van der Waals surface area contributed by atoms with E-state index in [1.165, 1.54) is 5.56 Å². The van der Waals surface area contributed by atoms with E-state index in [2.05, 4.69) is 36.6 Å². The maximum Gasteiger partial charge on any atom is 0.224 e. The number of anilines is 1. The van der Waals surface area contributed by atoms with Gasteiger partial charge in [0.05, 0.1) is 6.10 Å². The number of hydrogen-bond acceptors (Lipinski definition) is 3. The highest BCUT2D eigenvalue weighted by atomic mass is 16.5. The van der Waals surface area contributed by atoms with Crippen LogP contribution >= 0.6 is 0 Å². The molecule has 0 aliphatic rings. The van der Waals surface area contributed by atoms with Crippen LogP contribution in [0, 0.1) is 0 Å². The van der Waals surface area contributed by atoms with Gasteiger partial charge in [0.25, 0.3) is 0 Å². The maximum absolute atomic E-state index is 11.8. The number of hydrogen-bond donors (Lipinski definition) is 2. The summed E-state index contributed by atoms with van der Waals surface area (Å²) >= 11 is 0. The molecule has 2 unspecified atom stereocenters. The first-order valence-corrected chi connectivity index (χ1v) is 7.72. The molecule has 0 spiro atoms. The average Bonchev–Trinajstić information content (AvgIpc) is 2.50. The number of nitrogens with one attached hydrogen (secondary N) is 2. The third-order valence-corrected chi connectivity index (χ3v) is 3.58. The Kier molecular flexibility index (Phi) is 8.01. The normalized spacial score (nSPS) is 13.7. The molecule has 0 heterocycles. The smallest absolute Gasteiger partial charge is 0.224 e. The van der Waals surface area contributed by atoms with Crippen LogP contribution in [0.15, 0.2) is 24.3 Å². The molecule has 0 saturated carbocycles. The number of rotatable bonds is 9. The predicted octanol–water partition coefficient (Wildman–Crippen LogP) is 3.50. The van der Waals surface area contributed by atoms with Crippen LogP contribution in [-0.4, -0.2) is 25.7 Å². The van der Waals surface area contributed by atoms with E-state index in [1.807, 2.05) is 19.1 Å². The lowest BCUT2D eigenvalue weighted by atomic mass is 10.1. The Morgan fingerprint density at radius 3 is 2.48 bits per heavy atom. The van der Waals surface area contributed by atoms with Crippen molar-refractivity contribution in [2.45, 2.75) is 52.2 Å². The van der Waals surface area contributed by atoms with Crippen molar-refractivity contribution in [1.82, 2.24) is 5.32 Å². The van der Waals surface area contributed by atoms with Gasteiger partial charge in [-0.25, -0.2) is 0 Å². The first-order valence-electron chi connectivity index (χ1n) is 7.72. The van der Waals surface area contributed by atoms with E-state index < -0.39 is 0 Å². The fourth-order valence-electron chi connectivity index (χ4n) is 2.01. The summed E-state index contributed by atoms with van der Waals surface area (Å²) in [6.07, 6.45) is 2.45. The van der Waals surface area contributed by atoms with Gasteiger partial charge in [0.2, 0.25) is 5.91 Å². The molecule has 2 atom stereocenters. The summed E-state index contributed by atoms with van der Waals surface area (Å²) in [5.74, 6) is 0.0313. The second-order valence-corrected chi connectivity index (χ2v) is 5.43. The molecular formula is C17H28N2O2. The van der Waals surface area contributed by atoms with Crippen molar-refractivity contribution >= 4 is 11.6 Å². The monoisotopic (exact) mass is 292 g/mol. The summed E-state index contributed by atoms with van der Waals surface area (Å²) < 4.78 is 5.14. The molecule has 1 aromatic carbocycles. The molecule has 0 aromatic heterocycles. The van der Waals surface area contributed by atoms with Crippen LogP contribution in [0.2, 0.25) is 0 Å². The minimum absolute atomic E-state index is 0.0313. The lowest BCUT2D eigenvalue weighted by Gasteiger charge is -2.14. The van der Waals surface area contributed by atoms with E-state index in [-0.39, 0.29) is 12.0 Å². The number of amides is 1. The highest BCUT2D eigenvalue weighted by molar-refractivity contribution is 5.90. The molecule has 0 radical (unpaired) electrons. The summed E-state index contributed by atoms with van der Waals surface area (Å²) in [6.45, 7) is 7.28. The first-order chi connectivity index (χ1) is 10.1. The Labute approximate surface area is 128 Å². The number of methoxy groups -OCH3 is 1. The molecule has 1 rings (SSSR count). The summed E-state index contributed by atoms with van der Waals surface area (Å²) in [4.78, 5) is 11.8. The van der Waals surface area contributed by atoms with Crippen molar-refractivity contribution in [2.75, 3.05) is 19.0 Å². The lowest BCUT2D eigenvalue weighted by molar-refractivity contribution is -0.116. The van der Waals surface area contributed by atoms with Gasteiger partial charge in [-0.15, -0.1) is 0 Å². The SMILES string of the molecule is CCCNC(C)c1ccc(NC(=O)CCC(C)OC)cc1. The maximum atomic E-state index is 11.8. The van der Waals surface area contributed by atoms with E-state index in [4.69, 9.17) is 4.74 Å². The summed E-state index contributed by atoms with van der Waals surface area (Å²) in [5, 5.41) is 6.36. The molecule has 0 fully saturated rings. The van der Waals surface area contributed by atoms with Gasteiger partial charge in [0.15, 0.2) is 0 Å². The second-order valence-electron chi connectivity index (χ2n) is 5.43. The van der Waals surface area contributed by atoms with Crippen molar-refractivity contribution in [3.63, 3.8) is 0 Å². The zero-order valence-corrected chi connectivity index (χ0v) is 13.6. The van der Waals surface area contributed by atoms with Crippen molar-refractivity contribution in [1.29, 1.82) is 0 Å². The van der Waals surface area contributed by atoms with Crippen LogP contribution in [0.25, 0.3) is 0 Å². The molecule has 4 heteroatoms. The molecule has 0 aliphatic carbocycles. The molecule has 0 aliphatic heterocycles. The highest BCUT2D eigenvalue weighted by Gasteiger charge is 2.07. The highest BCUT2D eigenvalue weighted by Crippen LogP contribution is 2.16. The van der Waals surface area contributed by atoms with Gasteiger partial charge in [-0.2, -0.15) is 0 Å². The van der Waals surface area contributed by atoms with E-state index in [0.29, 0.717) is 12.5 Å². The van der Waals surface area contributed by atoms with Crippen LogP contribution in [0.5, 0.6) is 0 Å². The van der Waals surface area contributed by atoms with Gasteiger partial charge in [0, 0.05) is 25.3 Å². The summed E-state index contributed by atoms with van der Waals surface area (Å²) in [6, 6.07) is 8.35. The molecule has 1 amide bonds. The Hall–Kier alpha value is -1.39. The van der Waals surface area contributed by atoms with Crippen LogP contribution < -0.4 is 10.6 Å². The molecular weight excluding hydrogens is 264 g/mol. The molecule has 118 valence electrons. The molecule has 0 bridgehead atoms. The van der Waals surface area contributed by atoms with Gasteiger partial charge in [0.1, 0.15) is 0 Å². The molecule has 2 N–H and O–H groups in total. The summed E-state index contributed by atoms with van der Waals surface area (Å²) in [5.41, 5.74) is 2.07. The van der Waals surface area contributed by atoms with Crippen molar-refractivity contribution < 1.29 is 9.53 Å². The quantitative estimate of drug-likeness (QED) is 0.732. The lowest BCUT2D eigenvalue weighted by Crippen LogP contribution is -2.19. The van der Waals surface area contributed by atoms with E-state index in [0.717, 1.165) is 25.1 Å². The van der Waals surface area contributed by atoms with Crippen molar-refractivity contribution in [3.05, 3.63) is 29.8 Å². The van der Waals surface area contributed by atoms with Gasteiger partial charge in [-0.05, 0) is 50.9 Å². The molecule has 0 saturated heterocycles. The van der Waals surface area contributed by atoms with Crippen LogP contribution in [0.1, 0.15) is 51.6 Å². The van der Waals surface area contributed by atoms with E-state index in [1.54, 1.807) is 7.11 Å². The van der Waals surface area contributed by atoms with Gasteiger partial charge < -0.3 is 15.4 Å². The van der Waals surface area contributed by atoms with E-state index >= 15 is 0 Å². The standard InChI is InChI=1S/C17H28N2O2/c1-5-12-18-14(3)15-7-9-16(10-8-15)19-17(20)11-6-13(2)21-4/h7-10,13-14,18H,5-6,11-12H2,1-4H3,(H,19,20). The van der Waals surface area contributed by atoms with Crippen LogP contribution in [-0.2, 0) is 9.53 Å².